The Morgan fingerprint density at radius 3 is 1.93 bits per heavy atom. The first kappa shape index (κ1) is 10.4. The predicted molar refractivity (Wildman–Crippen MR) is 55.9 cm³/mol. The van der Waals surface area contributed by atoms with Crippen LogP contribution in [0.4, 0.5) is 0 Å². The first-order chi connectivity index (χ1) is 7.36. The van der Waals surface area contributed by atoms with Crippen molar-refractivity contribution in [3.8, 4) is 0 Å². The van der Waals surface area contributed by atoms with Crippen LogP contribution in [0.15, 0.2) is 60.7 Å². The van der Waals surface area contributed by atoms with Gasteiger partial charge < -0.3 is 0 Å². The zero-order valence-electron chi connectivity index (χ0n) is 8.06. The summed E-state index contributed by atoms with van der Waals surface area (Å²) in [5.41, 5.74) is 0.828. The fourth-order valence-corrected chi connectivity index (χ4v) is 3.21. The molecule has 0 fully saturated rings. The molecule has 0 unspecified atom stereocenters. The van der Waals surface area contributed by atoms with Crippen molar-refractivity contribution in [3.63, 3.8) is 0 Å². The molecular formula is C13H10IO-. The fourth-order valence-electron chi connectivity index (χ4n) is 1.20. The minimum atomic E-state index is -0.554. The van der Waals surface area contributed by atoms with Crippen molar-refractivity contribution >= 4 is 3.79 Å². The second-order valence-electron chi connectivity index (χ2n) is 3.03. The van der Waals surface area contributed by atoms with E-state index in [1.54, 1.807) is 0 Å². The number of hydrogen-bond acceptors (Lipinski definition) is 1. The van der Waals surface area contributed by atoms with Crippen LogP contribution >= 0.6 is 0 Å². The first-order valence-electron chi connectivity index (χ1n) is 4.65. The molecule has 0 N–H and O–H groups in total. The second-order valence-corrected chi connectivity index (χ2v) is 5.79. The van der Waals surface area contributed by atoms with Crippen LogP contribution in [-0.4, -0.2) is 3.79 Å². The molecule has 0 heterocycles. The van der Waals surface area contributed by atoms with Gasteiger partial charge in [0.05, 0.1) is 0 Å². The average Bonchev–Trinajstić information content (AvgIpc) is 2.31. The molecule has 0 saturated heterocycles. The van der Waals surface area contributed by atoms with Crippen LogP contribution in [0.5, 0.6) is 0 Å². The van der Waals surface area contributed by atoms with Crippen LogP contribution in [0.3, 0.4) is 0 Å². The van der Waals surface area contributed by atoms with E-state index in [4.69, 9.17) is 0 Å². The van der Waals surface area contributed by atoms with Gasteiger partial charge in [0.25, 0.3) is 0 Å². The molecule has 15 heavy (non-hydrogen) atoms. The molecule has 0 aliphatic rings. The maximum atomic E-state index is 11.9. The van der Waals surface area contributed by atoms with Gasteiger partial charge in [-0.3, -0.25) is 0 Å². The summed E-state index contributed by atoms with van der Waals surface area (Å²) in [7, 11) is 0. The van der Waals surface area contributed by atoms with Crippen molar-refractivity contribution in [1.82, 2.24) is 0 Å². The van der Waals surface area contributed by atoms with E-state index in [1.165, 1.54) is 3.57 Å². The monoisotopic (exact) mass is 309 g/mol. The Bertz CT molecular complexity index is 437. The molecule has 2 aromatic rings. The van der Waals surface area contributed by atoms with Gasteiger partial charge in [-0.2, -0.15) is 0 Å². The Morgan fingerprint density at radius 1 is 0.800 bits per heavy atom. The molecule has 0 aliphatic heterocycles. The first-order valence-corrected chi connectivity index (χ1v) is 6.81. The number of hydrogen-bond donors (Lipinski definition) is 0. The number of halogens is 1. The Hall–Kier alpha value is -1.16. The number of rotatable bonds is 3. The zero-order valence-corrected chi connectivity index (χ0v) is 10.2. The van der Waals surface area contributed by atoms with Gasteiger partial charge in [-0.15, -0.1) is 0 Å². The molecule has 1 nitrogen and oxygen atoms in total. The Morgan fingerprint density at radius 2 is 1.33 bits per heavy atom. The number of benzene rings is 2. The third-order valence-electron chi connectivity index (χ3n) is 1.93. The topological polar surface area (TPSA) is 17.1 Å². The van der Waals surface area contributed by atoms with Gasteiger partial charge in [0, 0.05) is 0 Å². The van der Waals surface area contributed by atoms with Crippen molar-refractivity contribution in [1.29, 1.82) is 0 Å². The van der Waals surface area contributed by atoms with Gasteiger partial charge in [-0.05, 0) is 0 Å². The van der Waals surface area contributed by atoms with E-state index in [0.29, 0.717) is 0 Å². The van der Waals surface area contributed by atoms with Crippen LogP contribution in [0.25, 0.3) is 0 Å². The molecule has 0 aliphatic carbocycles. The van der Waals surface area contributed by atoms with Crippen LogP contribution in [0.1, 0.15) is 10.4 Å². The van der Waals surface area contributed by atoms with E-state index in [2.05, 4.69) is 0 Å². The van der Waals surface area contributed by atoms with Crippen LogP contribution in [-0.2, 0) is 0 Å². The van der Waals surface area contributed by atoms with E-state index in [0.717, 1.165) is 5.56 Å². The normalized spacial score (nSPS) is 10.1. The zero-order chi connectivity index (χ0) is 10.5. The second kappa shape index (κ2) is 5.07. The van der Waals surface area contributed by atoms with Crippen molar-refractivity contribution in [2.24, 2.45) is 0 Å². The molecule has 0 amide bonds. The Balaban J connectivity index is 2.12. The van der Waals surface area contributed by atoms with Gasteiger partial charge in [0.15, 0.2) is 0 Å². The summed E-state index contributed by atoms with van der Waals surface area (Å²) in [5, 5.41) is 0. The van der Waals surface area contributed by atoms with E-state index in [9.17, 15) is 4.79 Å². The van der Waals surface area contributed by atoms with Crippen molar-refractivity contribution in [2.45, 2.75) is 0 Å². The molecule has 2 aromatic carbocycles. The molecular weight excluding hydrogens is 299 g/mol. The molecule has 0 spiro atoms. The summed E-state index contributed by atoms with van der Waals surface area (Å²) in [6.07, 6.45) is 0. The predicted octanol–water partition coefficient (Wildman–Crippen LogP) is -0.214. The minimum absolute atomic E-state index is 0.278. The third kappa shape index (κ3) is 2.89. The molecule has 0 radical (unpaired) electrons. The molecule has 2 rings (SSSR count). The van der Waals surface area contributed by atoms with Crippen LogP contribution in [0, 0.1) is 3.57 Å². The molecule has 2 heteroatoms. The van der Waals surface area contributed by atoms with E-state index in [-0.39, 0.29) is 3.79 Å². The van der Waals surface area contributed by atoms with Crippen molar-refractivity contribution in [2.75, 3.05) is 0 Å². The van der Waals surface area contributed by atoms with E-state index in [1.807, 2.05) is 60.7 Å². The van der Waals surface area contributed by atoms with Gasteiger partial charge in [0.1, 0.15) is 0 Å². The SMILES string of the molecule is O=C([I-]c1ccccc1)c1ccccc1. The van der Waals surface area contributed by atoms with E-state index < -0.39 is 21.2 Å². The van der Waals surface area contributed by atoms with Gasteiger partial charge in [-0.1, -0.05) is 0 Å². The van der Waals surface area contributed by atoms with Crippen molar-refractivity contribution < 1.29 is 26.0 Å². The Labute approximate surface area is 99.4 Å². The maximum absolute atomic E-state index is 11.9. The summed E-state index contributed by atoms with van der Waals surface area (Å²) in [5.74, 6) is 0. The summed E-state index contributed by atoms with van der Waals surface area (Å²) < 4.78 is 1.45. The molecule has 0 aromatic heterocycles. The van der Waals surface area contributed by atoms with Gasteiger partial charge in [0.2, 0.25) is 0 Å². The van der Waals surface area contributed by atoms with Gasteiger partial charge in [-0.25, -0.2) is 0 Å². The van der Waals surface area contributed by atoms with E-state index >= 15 is 0 Å². The molecule has 76 valence electrons. The standard InChI is InChI=1S/C13H10IO/c15-13(11-7-3-1-4-8-11)14-12-9-5-2-6-10-12/h1-10H/q-1. The van der Waals surface area contributed by atoms with Crippen molar-refractivity contribution in [3.05, 3.63) is 69.8 Å². The van der Waals surface area contributed by atoms with Crippen LogP contribution in [0.2, 0.25) is 0 Å². The third-order valence-corrected chi connectivity index (χ3v) is 4.38. The average molecular weight is 309 g/mol. The van der Waals surface area contributed by atoms with Gasteiger partial charge >= 0.3 is 99.6 Å². The molecule has 0 bridgehead atoms. The number of carbonyl (C=O) groups excluding carboxylic acids is 1. The molecule has 0 atom stereocenters. The summed E-state index contributed by atoms with van der Waals surface area (Å²) in [6, 6.07) is 19.5. The number of carbonyl (C=O) groups is 1. The fraction of sp³-hybridized carbons (Fsp3) is 0. The summed E-state index contributed by atoms with van der Waals surface area (Å²) >= 11 is -0.554. The summed E-state index contributed by atoms with van der Waals surface area (Å²) in [4.78, 5) is 11.9. The Kier molecular flexibility index (Phi) is 3.50. The molecule has 0 saturated carbocycles. The quantitative estimate of drug-likeness (QED) is 0.566. The summed E-state index contributed by atoms with van der Waals surface area (Å²) in [6.45, 7) is 0. The van der Waals surface area contributed by atoms with Crippen LogP contribution < -0.4 is 21.2 Å².